The number of rotatable bonds is 6. The number of ether oxygens (including phenoxy) is 1. The van der Waals surface area contributed by atoms with Crippen molar-refractivity contribution in [3.8, 4) is 0 Å². The van der Waals surface area contributed by atoms with Crippen molar-refractivity contribution in [1.29, 1.82) is 0 Å². The van der Waals surface area contributed by atoms with Gasteiger partial charge >= 0.3 is 6.09 Å². The average molecular weight is 321 g/mol. The van der Waals surface area contributed by atoms with Crippen LogP contribution in [0.15, 0.2) is 30.5 Å². The maximum absolute atomic E-state index is 13.4. The molecular formula is C14H16FN5O3. The van der Waals surface area contributed by atoms with Crippen LogP contribution in [-0.4, -0.2) is 40.6 Å². The number of nitrogens with one attached hydrogen (secondary N) is 2. The number of benzene rings is 1. The summed E-state index contributed by atoms with van der Waals surface area (Å²) in [5, 5.41) is 12.7. The molecule has 1 aromatic carbocycles. The van der Waals surface area contributed by atoms with Gasteiger partial charge in [0.1, 0.15) is 12.4 Å². The number of hydrogen-bond acceptors (Lipinski definition) is 5. The number of amides is 2. The van der Waals surface area contributed by atoms with Crippen LogP contribution in [0.4, 0.5) is 15.0 Å². The van der Waals surface area contributed by atoms with E-state index in [1.165, 1.54) is 19.4 Å². The van der Waals surface area contributed by atoms with E-state index in [1.807, 2.05) is 0 Å². The summed E-state index contributed by atoms with van der Waals surface area (Å²) >= 11 is 0. The highest BCUT2D eigenvalue weighted by Crippen LogP contribution is 2.06. The number of anilines is 1. The molecule has 23 heavy (non-hydrogen) atoms. The third-order valence-electron chi connectivity index (χ3n) is 2.91. The monoisotopic (exact) mass is 321 g/mol. The van der Waals surface area contributed by atoms with Gasteiger partial charge in [-0.1, -0.05) is 18.2 Å². The lowest BCUT2D eigenvalue weighted by Crippen LogP contribution is -2.30. The molecular weight excluding hydrogens is 305 g/mol. The molecule has 0 saturated carbocycles. The van der Waals surface area contributed by atoms with Gasteiger partial charge in [0, 0.05) is 6.54 Å². The molecule has 0 radical (unpaired) electrons. The van der Waals surface area contributed by atoms with Crippen LogP contribution in [0.5, 0.6) is 0 Å². The lowest BCUT2D eigenvalue weighted by atomic mass is 10.1. The maximum atomic E-state index is 13.4. The zero-order chi connectivity index (χ0) is 16.7. The van der Waals surface area contributed by atoms with Crippen LogP contribution in [0.2, 0.25) is 0 Å². The van der Waals surface area contributed by atoms with Crippen molar-refractivity contribution in [2.24, 2.45) is 0 Å². The number of halogens is 1. The van der Waals surface area contributed by atoms with Crippen molar-refractivity contribution in [2.75, 3.05) is 19.0 Å². The van der Waals surface area contributed by atoms with Crippen LogP contribution in [0, 0.1) is 5.82 Å². The fourth-order valence-corrected chi connectivity index (χ4v) is 1.81. The number of hydrogen-bond donors (Lipinski definition) is 2. The second-order valence-electron chi connectivity index (χ2n) is 4.57. The summed E-state index contributed by atoms with van der Waals surface area (Å²) in [4.78, 5) is 23.9. The van der Waals surface area contributed by atoms with E-state index in [2.05, 4.69) is 25.6 Å². The third-order valence-corrected chi connectivity index (χ3v) is 2.91. The molecule has 8 nitrogen and oxygen atoms in total. The van der Waals surface area contributed by atoms with E-state index in [0.717, 1.165) is 4.80 Å². The summed E-state index contributed by atoms with van der Waals surface area (Å²) in [6, 6.07) is 6.40. The molecule has 122 valence electrons. The smallest absolute Gasteiger partial charge is 0.412 e. The van der Waals surface area contributed by atoms with E-state index in [0.29, 0.717) is 18.5 Å². The van der Waals surface area contributed by atoms with Crippen molar-refractivity contribution < 1.29 is 18.7 Å². The second-order valence-corrected chi connectivity index (χ2v) is 4.57. The van der Waals surface area contributed by atoms with Gasteiger partial charge in [0.15, 0.2) is 5.82 Å². The Morgan fingerprint density at radius 2 is 2.13 bits per heavy atom. The van der Waals surface area contributed by atoms with Gasteiger partial charge in [-0.3, -0.25) is 10.1 Å². The summed E-state index contributed by atoms with van der Waals surface area (Å²) in [7, 11) is 1.22. The number of nitrogens with zero attached hydrogens (tertiary/aromatic N) is 3. The number of carbonyl (C=O) groups excluding carboxylic acids is 2. The molecule has 0 aliphatic rings. The highest BCUT2D eigenvalue weighted by molar-refractivity contribution is 5.82. The predicted molar refractivity (Wildman–Crippen MR) is 79.2 cm³/mol. The summed E-state index contributed by atoms with van der Waals surface area (Å²) in [6.07, 6.45) is 1.01. The van der Waals surface area contributed by atoms with Gasteiger partial charge in [-0.25, -0.2) is 9.18 Å². The summed E-state index contributed by atoms with van der Waals surface area (Å²) < 4.78 is 17.8. The highest BCUT2D eigenvalue weighted by Gasteiger charge is 2.08. The first-order valence-electron chi connectivity index (χ1n) is 6.83. The van der Waals surface area contributed by atoms with Crippen LogP contribution in [-0.2, 0) is 22.5 Å². The van der Waals surface area contributed by atoms with Gasteiger partial charge in [-0.2, -0.15) is 9.90 Å². The second kappa shape index (κ2) is 7.87. The minimum atomic E-state index is -0.675. The molecule has 2 rings (SSSR count). The van der Waals surface area contributed by atoms with Gasteiger partial charge in [-0.05, 0) is 18.1 Å². The Kier molecular flexibility index (Phi) is 5.61. The molecule has 0 saturated heterocycles. The standard InChI is InChI=1S/C14H16FN5O3/c1-23-14(22)18-12-8-17-20(19-12)9-13(21)16-7-6-10-4-2-3-5-11(10)15/h2-5,8H,6-7,9H2,1H3,(H,16,21)(H,18,19,22). The molecule has 1 aromatic heterocycles. The fourth-order valence-electron chi connectivity index (χ4n) is 1.81. The topological polar surface area (TPSA) is 98.1 Å². The SMILES string of the molecule is COC(=O)Nc1cnn(CC(=O)NCCc2ccccc2F)n1. The zero-order valence-electron chi connectivity index (χ0n) is 12.5. The molecule has 2 amide bonds. The highest BCUT2D eigenvalue weighted by atomic mass is 19.1. The summed E-state index contributed by atoms with van der Waals surface area (Å²) in [5.41, 5.74) is 0.537. The largest absolute Gasteiger partial charge is 0.453 e. The lowest BCUT2D eigenvalue weighted by Gasteiger charge is -2.05. The van der Waals surface area contributed by atoms with E-state index < -0.39 is 6.09 Å². The zero-order valence-corrected chi connectivity index (χ0v) is 12.5. The molecule has 0 bridgehead atoms. The van der Waals surface area contributed by atoms with Crippen molar-refractivity contribution in [3.05, 3.63) is 41.8 Å². The number of carbonyl (C=O) groups is 2. The van der Waals surface area contributed by atoms with E-state index in [4.69, 9.17) is 0 Å². The molecule has 9 heteroatoms. The Labute approximate surface area is 131 Å². The average Bonchev–Trinajstić information content (AvgIpc) is 2.96. The Hall–Kier alpha value is -2.97. The minimum absolute atomic E-state index is 0.111. The van der Waals surface area contributed by atoms with Gasteiger partial charge in [0.05, 0.1) is 13.3 Å². The van der Waals surface area contributed by atoms with Crippen LogP contribution >= 0.6 is 0 Å². The maximum Gasteiger partial charge on any atom is 0.412 e. The summed E-state index contributed by atoms with van der Waals surface area (Å²) in [6.45, 7) is 0.189. The van der Waals surface area contributed by atoms with Crippen LogP contribution in [0.25, 0.3) is 0 Å². The Morgan fingerprint density at radius 3 is 2.87 bits per heavy atom. The van der Waals surface area contributed by atoms with E-state index in [-0.39, 0.29) is 24.1 Å². The summed E-state index contributed by atoms with van der Waals surface area (Å²) in [5.74, 6) is -0.438. The molecule has 0 atom stereocenters. The van der Waals surface area contributed by atoms with Crippen LogP contribution in [0.1, 0.15) is 5.56 Å². The quantitative estimate of drug-likeness (QED) is 0.825. The fraction of sp³-hybridized carbons (Fsp3) is 0.286. The van der Waals surface area contributed by atoms with Gasteiger partial charge in [0.2, 0.25) is 5.91 Å². The van der Waals surface area contributed by atoms with E-state index >= 15 is 0 Å². The predicted octanol–water partition coefficient (Wildman–Crippen LogP) is 0.954. The van der Waals surface area contributed by atoms with E-state index in [1.54, 1.807) is 18.2 Å². The molecule has 0 fully saturated rings. The van der Waals surface area contributed by atoms with Gasteiger partial charge < -0.3 is 10.1 Å². The first-order valence-corrected chi connectivity index (χ1v) is 6.83. The van der Waals surface area contributed by atoms with Crippen molar-refractivity contribution in [1.82, 2.24) is 20.3 Å². The molecule has 0 aliphatic carbocycles. The number of aromatic nitrogens is 3. The van der Waals surface area contributed by atoms with Crippen molar-refractivity contribution >= 4 is 17.8 Å². The lowest BCUT2D eigenvalue weighted by molar-refractivity contribution is -0.122. The van der Waals surface area contributed by atoms with Crippen molar-refractivity contribution in [2.45, 2.75) is 13.0 Å². The molecule has 2 aromatic rings. The van der Waals surface area contributed by atoms with Crippen molar-refractivity contribution in [3.63, 3.8) is 0 Å². The first-order chi connectivity index (χ1) is 11.1. The normalized spacial score (nSPS) is 10.2. The van der Waals surface area contributed by atoms with Gasteiger partial charge in [0.25, 0.3) is 0 Å². The minimum Gasteiger partial charge on any atom is -0.453 e. The van der Waals surface area contributed by atoms with Gasteiger partial charge in [-0.15, -0.1) is 5.10 Å². The number of methoxy groups -OCH3 is 1. The molecule has 1 heterocycles. The third kappa shape index (κ3) is 5.06. The van der Waals surface area contributed by atoms with E-state index in [9.17, 15) is 14.0 Å². The Morgan fingerprint density at radius 1 is 1.35 bits per heavy atom. The Balaban J connectivity index is 1.77. The first kappa shape index (κ1) is 16.4. The molecule has 0 unspecified atom stereocenters. The van der Waals surface area contributed by atoms with Crippen LogP contribution < -0.4 is 10.6 Å². The van der Waals surface area contributed by atoms with Crippen LogP contribution in [0.3, 0.4) is 0 Å². The molecule has 0 spiro atoms. The molecule has 0 aliphatic heterocycles. The Bertz CT molecular complexity index is 689. The molecule has 2 N–H and O–H groups in total.